The third-order valence-electron chi connectivity index (χ3n) is 7.01. The zero-order chi connectivity index (χ0) is 21.9. The van der Waals surface area contributed by atoms with Crippen molar-refractivity contribution in [3.8, 4) is 0 Å². The highest BCUT2D eigenvalue weighted by molar-refractivity contribution is 9.09. The van der Waals surface area contributed by atoms with Gasteiger partial charge >= 0.3 is 5.97 Å². The van der Waals surface area contributed by atoms with Gasteiger partial charge in [0.25, 0.3) is 5.91 Å². The first-order chi connectivity index (χ1) is 14.8. The lowest BCUT2D eigenvalue weighted by Crippen LogP contribution is -2.40. The Balaban J connectivity index is 1.25. The van der Waals surface area contributed by atoms with Gasteiger partial charge in [-0.05, 0) is 73.7 Å². The Labute approximate surface area is 188 Å². The van der Waals surface area contributed by atoms with Crippen molar-refractivity contribution in [3.05, 3.63) is 59.2 Å². The monoisotopic (exact) mass is 482 g/mol. The van der Waals surface area contributed by atoms with Crippen molar-refractivity contribution in [3.63, 3.8) is 0 Å². The third kappa shape index (κ3) is 3.35. The quantitative estimate of drug-likeness (QED) is 0.508. The van der Waals surface area contributed by atoms with E-state index in [0.717, 1.165) is 17.7 Å². The highest BCUT2D eigenvalue weighted by Crippen LogP contribution is 2.60. The number of hydrogen-bond donors (Lipinski definition) is 2. The maximum absolute atomic E-state index is 13.0. The van der Waals surface area contributed by atoms with E-state index in [1.165, 1.54) is 5.56 Å². The van der Waals surface area contributed by atoms with E-state index in [1.807, 2.05) is 32.0 Å². The van der Waals surface area contributed by atoms with Gasteiger partial charge in [0, 0.05) is 22.9 Å². The number of benzene rings is 2. The van der Waals surface area contributed by atoms with E-state index in [-0.39, 0.29) is 52.4 Å². The van der Waals surface area contributed by atoms with Gasteiger partial charge in [-0.25, -0.2) is 0 Å². The highest BCUT2D eigenvalue weighted by Gasteiger charge is 2.67. The fourth-order valence-electron chi connectivity index (χ4n) is 5.28. The van der Waals surface area contributed by atoms with Crippen LogP contribution in [0.15, 0.2) is 42.5 Å². The molecule has 6 atom stereocenters. The summed E-state index contributed by atoms with van der Waals surface area (Å²) in [5.41, 5.74) is 4.12. The van der Waals surface area contributed by atoms with Crippen LogP contribution in [0.3, 0.4) is 0 Å². The molecule has 7 heteroatoms. The Kier molecular flexibility index (Phi) is 4.88. The minimum absolute atomic E-state index is 0.0347. The number of rotatable bonds is 4. The second-order valence-electron chi connectivity index (χ2n) is 8.78. The van der Waals surface area contributed by atoms with E-state index in [0.29, 0.717) is 11.3 Å². The van der Waals surface area contributed by atoms with E-state index in [2.05, 4.69) is 26.6 Å². The molecule has 5 rings (SSSR count). The first kappa shape index (κ1) is 20.2. The average Bonchev–Trinajstić information content (AvgIpc) is 3.35. The summed E-state index contributed by atoms with van der Waals surface area (Å²) in [5.74, 6) is -1.11. The topological polar surface area (TPSA) is 84.5 Å². The molecule has 3 fully saturated rings. The second-order valence-corrected chi connectivity index (χ2v) is 9.84. The first-order valence-electron chi connectivity index (χ1n) is 10.5. The SMILES string of the molecule is Cc1ccc(NC(=O)c2ccc(NC(=O)[C@@H]3[C@H]4C[C@H]5[C@H](OC(=O)[C@@H]53)[C@@H]4Br)cc2)cc1C. The smallest absolute Gasteiger partial charge is 0.310 e. The Morgan fingerprint density at radius 1 is 0.968 bits per heavy atom. The average molecular weight is 483 g/mol. The van der Waals surface area contributed by atoms with Gasteiger partial charge in [0.05, 0.1) is 16.7 Å². The number of halogens is 1. The van der Waals surface area contributed by atoms with Crippen LogP contribution in [0.1, 0.15) is 27.9 Å². The number of ether oxygens (including phenoxy) is 1. The van der Waals surface area contributed by atoms with Crippen LogP contribution in [0.25, 0.3) is 0 Å². The van der Waals surface area contributed by atoms with Crippen molar-refractivity contribution in [2.24, 2.45) is 23.7 Å². The number of aryl methyl sites for hydroxylation is 2. The van der Waals surface area contributed by atoms with Crippen molar-refractivity contribution in [1.82, 2.24) is 0 Å². The zero-order valence-electron chi connectivity index (χ0n) is 17.2. The molecular formula is C24H23BrN2O4. The van der Waals surface area contributed by atoms with Crippen molar-refractivity contribution in [2.45, 2.75) is 31.2 Å². The Bertz CT molecular complexity index is 1080. The number of anilines is 2. The van der Waals surface area contributed by atoms with Gasteiger partial charge in [-0.1, -0.05) is 22.0 Å². The maximum atomic E-state index is 13.0. The molecule has 2 N–H and O–H groups in total. The van der Waals surface area contributed by atoms with Crippen LogP contribution in [0.4, 0.5) is 11.4 Å². The van der Waals surface area contributed by atoms with Crippen LogP contribution in [0.5, 0.6) is 0 Å². The molecule has 2 saturated carbocycles. The number of amides is 2. The molecule has 0 aromatic heterocycles. The summed E-state index contributed by atoms with van der Waals surface area (Å²) < 4.78 is 5.48. The summed E-state index contributed by atoms with van der Waals surface area (Å²) in [5, 5.41) is 5.82. The molecular weight excluding hydrogens is 460 g/mol. The molecule has 2 aromatic rings. The van der Waals surface area contributed by atoms with E-state index in [9.17, 15) is 14.4 Å². The molecule has 3 aliphatic rings. The fourth-order valence-corrected chi connectivity index (χ4v) is 6.33. The van der Waals surface area contributed by atoms with Crippen LogP contribution in [0.2, 0.25) is 0 Å². The molecule has 2 amide bonds. The molecule has 2 aromatic carbocycles. The van der Waals surface area contributed by atoms with Crippen LogP contribution < -0.4 is 10.6 Å². The van der Waals surface area contributed by atoms with Gasteiger partial charge in [0.2, 0.25) is 5.91 Å². The third-order valence-corrected chi connectivity index (χ3v) is 8.21. The molecule has 1 aliphatic heterocycles. The summed E-state index contributed by atoms with van der Waals surface area (Å²) >= 11 is 3.63. The summed E-state index contributed by atoms with van der Waals surface area (Å²) in [6.07, 6.45) is 0.744. The molecule has 1 heterocycles. The number of carbonyl (C=O) groups is 3. The molecule has 0 unspecified atom stereocenters. The van der Waals surface area contributed by atoms with Crippen molar-refractivity contribution < 1.29 is 19.1 Å². The summed E-state index contributed by atoms with van der Waals surface area (Å²) in [7, 11) is 0. The standard InChI is InChI=1S/C24H23BrN2O4/c1-11-3-6-15(9-12(11)2)27-22(28)13-4-7-14(8-5-13)26-23(29)18-16-10-17-19(18)24(30)31-21(17)20(16)25/h3-9,16-21H,10H2,1-2H3,(H,26,29)(H,27,28)/t16-,17-,18-,19+,20-,21+/m1/s1. The first-order valence-corrected chi connectivity index (χ1v) is 11.4. The van der Waals surface area contributed by atoms with Gasteiger partial charge in [0.15, 0.2) is 0 Å². The Morgan fingerprint density at radius 2 is 1.68 bits per heavy atom. The molecule has 31 heavy (non-hydrogen) atoms. The Hall–Kier alpha value is -2.67. The van der Waals surface area contributed by atoms with Crippen molar-refractivity contribution in [1.29, 1.82) is 0 Å². The number of fused-ring (bicyclic) bond motifs is 1. The number of alkyl halides is 1. The Morgan fingerprint density at radius 3 is 2.39 bits per heavy atom. The molecule has 2 bridgehead atoms. The fraction of sp³-hybridized carbons (Fsp3) is 0.375. The van der Waals surface area contributed by atoms with Crippen LogP contribution in [-0.2, 0) is 14.3 Å². The number of nitrogens with one attached hydrogen (secondary N) is 2. The van der Waals surface area contributed by atoms with E-state index >= 15 is 0 Å². The van der Waals surface area contributed by atoms with Gasteiger partial charge < -0.3 is 15.4 Å². The molecule has 0 radical (unpaired) electrons. The molecule has 160 valence electrons. The minimum atomic E-state index is -0.381. The predicted octanol–water partition coefficient (Wildman–Crippen LogP) is 4.07. The van der Waals surface area contributed by atoms with E-state index < -0.39 is 0 Å². The van der Waals surface area contributed by atoms with Crippen LogP contribution in [0, 0.1) is 37.5 Å². The number of esters is 1. The number of hydrogen-bond acceptors (Lipinski definition) is 4. The van der Waals surface area contributed by atoms with E-state index in [4.69, 9.17) is 4.74 Å². The summed E-state index contributed by atoms with van der Waals surface area (Å²) in [4.78, 5) is 37.8. The van der Waals surface area contributed by atoms with Crippen LogP contribution >= 0.6 is 15.9 Å². The van der Waals surface area contributed by atoms with Gasteiger partial charge in [-0.2, -0.15) is 0 Å². The summed E-state index contributed by atoms with van der Waals surface area (Å²) in [6.45, 7) is 4.03. The molecule has 0 spiro atoms. The van der Waals surface area contributed by atoms with Gasteiger partial charge in [0.1, 0.15) is 6.10 Å². The van der Waals surface area contributed by atoms with Gasteiger partial charge in [-0.3, -0.25) is 14.4 Å². The lowest BCUT2D eigenvalue weighted by atomic mass is 9.79. The van der Waals surface area contributed by atoms with Crippen molar-refractivity contribution >= 4 is 45.1 Å². The predicted molar refractivity (Wildman–Crippen MR) is 120 cm³/mol. The van der Waals surface area contributed by atoms with Crippen molar-refractivity contribution in [2.75, 3.05) is 10.6 Å². The van der Waals surface area contributed by atoms with Crippen LogP contribution in [-0.4, -0.2) is 28.7 Å². The summed E-state index contributed by atoms with van der Waals surface area (Å²) in [6, 6.07) is 12.6. The largest absolute Gasteiger partial charge is 0.461 e. The lowest BCUT2D eigenvalue weighted by molar-refractivity contribution is -0.145. The highest BCUT2D eigenvalue weighted by atomic mass is 79.9. The second kappa shape index (κ2) is 7.48. The maximum Gasteiger partial charge on any atom is 0.310 e. The van der Waals surface area contributed by atoms with E-state index in [1.54, 1.807) is 24.3 Å². The normalized spacial score (nSPS) is 30.2. The van der Waals surface area contributed by atoms with Gasteiger partial charge in [-0.15, -0.1) is 0 Å². The zero-order valence-corrected chi connectivity index (χ0v) is 18.8. The molecule has 2 aliphatic carbocycles. The minimum Gasteiger partial charge on any atom is -0.461 e. The molecule has 1 saturated heterocycles. The lowest BCUT2D eigenvalue weighted by Gasteiger charge is -2.27. The molecule has 6 nitrogen and oxygen atoms in total. The number of carbonyl (C=O) groups excluding carboxylic acids is 3.